The van der Waals surface area contributed by atoms with E-state index in [1.165, 1.54) is 0 Å². The van der Waals surface area contributed by atoms with E-state index < -0.39 is 9.84 Å². The van der Waals surface area contributed by atoms with E-state index in [9.17, 15) is 18.9 Å². The molecule has 0 amide bonds. The van der Waals surface area contributed by atoms with E-state index in [0.29, 0.717) is 11.6 Å². The van der Waals surface area contributed by atoms with E-state index in [-0.39, 0.29) is 21.2 Å². The molecule has 300 valence electrons. The second kappa shape index (κ2) is 14.1. The normalized spacial score (nSPS) is 11.8. The van der Waals surface area contributed by atoms with Gasteiger partial charge in [-0.05, 0) is 90.0 Å². The molecule has 0 saturated heterocycles. The van der Waals surface area contributed by atoms with Crippen molar-refractivity contribution in [1.29, 1.82) is 10.5 Å². The van der Waals surface area contributed by atoms with Gasteiger partial charge < -0.3 is 4.57 Å². The van der Waals surface area contributed by atoms with Gasteiger partial charge in [0.25, 0.3) is 0 Å². The number of sulfone groups is 1. The van der Waals surface area contributed by atoms with Crippen molar-refractivity contribution in [2.75, 3.05) is 0 Å². The van der Waals surface area contributed by atoms with Gasteiger partial charge in [-0.25, -0.2) is 18.4 Å². The largest absolute Gasteiger partial charge is 0.309 e. The van der Waals surface area contributed by atoms with Gasteiger partial charge in [0.15, 0.2) is 23.0 Å². The lowest BCUT2D eigenvalue weighted by Gasteiger charge is -2.15. The summed E-state index contributed by atoms with van der Waals surface area (Å²) in [4.78, 5) is 10.2. The smallest absolute Gasteiger partial charge is 0.206 e. The fraction of sp³-hybridized carbons (Fsp3) is 0. The van der Waals surface area contributed by atoms with Gasteiger partial charge in [0, 0.05) is 38.0 Å². The van der Waals surface area contributed by atoms with Crippen molar-refractivity contribution in [2.45, 2.75) is 9.79 Å². The lowest BCUT2D eigenvalue weighted by atomic mass is 10.0. The minimum Gasteiger partial charge on any atom is -0.309 e. The van der Waals surface area contributed by atoms with Crippen LogP contribution in [0.4, 0.5) is 0 Å². The number of aromatic nitrogens is 5. The quantitative estimate of drug-likeness (QED) is 0.164. The van der Waals surface area contributed by atoms with Crippen LogP contribution in [0.1, 0.15) is 11.4 Å². The maximum atomic E-state index is 14.0. The Balaban J connectivity index is 0.946. The maximum absolute atomic E-state index is 14.0. The van der Waals surface area contributed by atoms with Crippen molar-refractivity contribution >= 4 is 75.3 Å². The van der Waals surface area contributed by atoms with Gasteiger partial charge in [-0.2, -0.15) is 10.5 Å². The van der Waals surface area contributed by atoms with Gasteiger partial charge >= 0.3 is 0 Å². The number of nitrogens with zero attached hydrogens (tertiary/aromatic N) is 7. The molecule has 10 heteroatoms. The third kappa shape index (κ3) is 5.44. The highest BCUT2D eigenvalue weighted by Gasteiger charge is 2.25. The summed E-state index contributed by atoms with van der Waals surface area (Å²) in [6, 6.07) is 64.9. The average molecular weight is 842 g/mol. The predicted molar refractivity (Wildman–Crippen MR) is 252 cm³/mol. The third-order valence-corrected chi connectivity index (χ3v) is 14.0. The molecule has 0 aliphatic heterocycles. The second-order valence-corrected chi connectivity index (χ2v) is 17.6. The van der Waals surface area contributed by atoms with Crippen LogP contribution in [-0.4, -0.2) is 32.1 Å². The molecule has 4 aromatic heterocycles. The number of para-hydroxylation sites is 5. The molecule has 4 heterocycles. The third-order valence-electron chi connectivity index (χ3n) is 12.2. The van der Waals surface area contributed by atoms with Gasteiger partial charge in [0.05, 0.1) is 42.9 Å². The number of benzene rings is 8. The molecule has 0 atom stereocenters. The molecule has 0 fully saturated rings. The Morgan fingerprint density at radius 3 is 1.14 bits per heavy atom. The summed E-state index contributed by atoms with van der Waals surface area (Å²) in [6.07, 6.45) is 0. The fourth-order valence-electron chi connectivity index (χ4n) is 9.34. The molecule has 8 aromatic carbocycles. The second-order valence-electron chi connectivity index (χ2n) is 15.6. The topological polar surface area (TPSA) is 122 Å². The lowest BCUT2D eigenvalue weighted by molar-refractivity contribution is 0.596. The summed E-state index contributed by atoms with van der Waals surface area (Å²) < 4.78 is 34.3. The highest BCUT2D eigenvalue weighted by molar-refractivity contribution is 7.91. The van der Waals surface area contributed by atoms with Crippen LogP contribution in [0, 0.1) is 22.7 Å². The molecule has 9 nitrogen and oxygen atoms in total. The minimum atomic E-state index is -3.83. The molecule has 12 aromatic rings. The Hall–Kier alpha value is -8.83. The van der Waals surface area contributed by atoms with Gasteiger partial charge in [0.2, 0.25) is 9.84 Å². The fourth-order valence-corrected chi connectivity index (χ4v) is 10.6. The zero-order chi connectivity index (χ0) is 43.1. The van der Waals surface area contributed by atoms with Gasteiger partial charge in [-0.1, -0.05) is 109 Å². The number of hydrogen-bond donors (Lipinski definition) is 0. The standard InChI is InChI=1S/C54H31N7O2S/c55-32-45-46(33-56)58-54(53(57-45)60-49-18-8-3-13-41(49)42-14-4-9-19-50(42)60)61-51-20-10-5-15-43(51)44-31-35(23-30-52(44)61)34-21-26-37(27-22-34)64(62,63)38-28-24-36(25-29-38)59-47-16-6-1-11-39(47)40-12-2-7-17-48(40)59/h1-31H. The Morgan fingerprint density at radius 1 is 0.375 bits per heavy atom. The molecule has 0 aliphatic carbocycles. The van der Waals surface area contributed by atoms with Crippen LogP contribution in [-0.2, 0) is 9.84 Å². The lowest BCUT2D eigenvalue weighted by Crippen LogP contribution is -2.11. The highest BCUT2D eigenvalue weighted by Crippen LogP contribution is 2.39. The zero-order valence-electron chi connectivity index (χ0n) is 33.8. The summed E-state index contributed by atoms with van der Waals surface area (Å²) in [6.45, 7) is 0. The van der Waals surface area contributed by atoms with Crippen molar-refractivity contribution in [3.8, 4) is 40.6 Å². The SMILES string of the molecule is N#Cc1nc(-n2c3ccccc3c3ccccc32)c(-n2c3ccccc3c3cc(-c4ccc(S(=O)(=O)c5ccc(-n6c7ccccc7c7ccccc76)cc5)cc4)ccc32)nc1C#N. The zero-order valence-corrected chi connectivity index (χ0v) is 34.6. The monoisotopic (exact) mass is 841 g/mol. The molecular weight excluding hydrogens is 811 g/mol. The first-order valence-electron chi connectivity index (χ1n) is 20.6. The molecule has 0 radical (unpaired) electrons. The van der Waals surface area contributed by atoms with E-state index in [0.717, 1.165) is 82.2 Å². The van der Waals surface area contributed by atoms with E-state index in [2.05, 4.69) is 59.2 Å². The summed E-state index contributed by atoms with van der Waals surface area (Å²) in [5, 5.41) is 26.6. The van der Waals surface area contributed by atoms with E-state index in [1.54, 1.807) is 24.3 Å². The van der Waals surface area contributed by atoms with Crippen LogP contribution < -0.4 is 0 Å². The van der Waals surface area contributed by atoms with E-state index in [1.807, 2.05) is 130 Å². The molecular formula is C54H31N7O2S. The van der Waals surface area contributed by atoms with Gasteiger partial charge in [-0.3, -0.25) is 9.13 Å². The van der Waals surface area contributed by atoms with Crippen molar-refractivity contribution in [3.63, 3.8) is 0 Å². The van der Waals surface area contributed by atoms with Crippen molar-refractivity contribution in [2.24, 2.45) is 0 Å². The van der Waals surface area contributed by atoms with Crippen LogP contribution >= 0.6 is 0 Å². The molecule has 0 spiro atoms. The Kier molecular flexibility index (Phi) is 8.15. The van der Waals surface area contributed by atoms with Crippen LogP contribution in [0.15, 0.2) is 198 Å². The van der Waals surface area contributed by atoms with E-state index in [4.69, 9.17) is 9.97 Å². The summed E-state index contributed by atoms with van der Waals surface area (Å²) >= 11 is 0. The van der Waals surface area contributed by atoms with Gasteiger partial charge in [-0.15, -0.1) is 0 Å². The molecule has 0 unspecified atom stereocenters. The summed E-state index contributed by atoms with van der Waals surface area (Å²) in [5.74, 6) is 0.816. The summed E-state index contributed by atoms with van der Waals surface area (Å²) in [5.41, 5.74) is 8.01. The Morgan fingerprint density at radius 2 is 0.719 bits per heavy atom. The first-order chi connectivity index (χ1) is 31.4. The Bertz CT molecular complexity index is 4000. The van der Waals surface area contributed by atoms with Crippen LogP contribution in [0.5, 0.6) is 0 Å². The molecule has 0 bridgehead atoms. The first-order valence-corrected chi connectivity index (χ1v) is 22.1. The number of nitriles is 2. The maximum Gasteiger partial charge on any atom is 0.206 e. The highest BCUT2D eigenvalue weighted by atomic mass is 32.2. The number of hydrogen-bond acceptors (Lipinski definition) is 6. The Labute approximate surface area is 366 Å². The summed E-state index contributed by atoms with van der Waals surface area (Å²) in [7, 11) is -3.83. The van der Waals surface area contributed by atoms with Crippen LogP contribution in [0.3, 0.4) is 0 Å². The van der Waals surface area contributed by atoms with Crippen molar-refractivity contribution in [1.82, 2.24) is 23.7 Å². The average Bonchev–Trinajstić information content (AvgIpc) is 3.99. The van der Waals surface area contributed by atoms with Gasteiger partial charge in [0.1, 0.15) is 12.1 Å². The molecule has 64 heavy (non-hydrogen) atoms. The first kappa shape index (κ1) is 37.0. The van der Waals surface area contributed by atoms with Crippen molar-refractivity contribution in [3.05, 3.63) is 199 Å². The van der Waals surface area contributed by atoms with Crippen LogP contribution in [0.2, 0.25) is 0 Å². The molecule has 12 rings (SSSR count). The van der Waals surface area contributed by atoms with Crippen LogP contribution in [0.25, 0.3) is 93.9 Å². The van der Waals surface area contributed by atoms with E-state index >= 15 is 0 Å². The number of fused-ring (bicyclic) bond motifs is 9. The minimum absolute atomic E-state index is 0.0620. The molecule has 0 N–H and O–H groups in total. The van der Waals surface area contributed by atoms with Crippen molar-refractivity contribution < 1.29 is 8.42 Å². The number of rotatable bonds is 6. The molecule has 0 saturated carbocycles. The predicted octanol–water partition coefficient (Wildman–Crippen LogP) is 12.0. The molecule has 0 aliphatic rings.